The Balaban J connectivity index is 1.73. The van der Waals surface area contributed by atoms with Gasteiger partial charge in [-0.1, -0.05) is 37.6 Å². The van der Waals surface area contributed by atoms with E-state index >= 15 is 0 Å². The highest BCUT2D eigenvalue weighted by Crippen LogP contribution is 2.23. The first-order valence-corrected chi connectivity index (χ1v) is 9.84. The molecule has 0 radical (unpaired) electrons. The Morgan fingerprint density at radius 2 is 2.00 bits per heavy atom. The lowest BCUT2D eigenvalue weighted by molar-refractivity contribution is 0.197. The molecule has 0 aliphatic rings. The Hall–Kier alpha value is -2.38. The average molecular weight is 405 g/mol. The van der Waals surface area contributed by atoms with Gasteiger partial charge in [0.15, 0.2) is 0 Å². The predicted molar refractivity (Wildman–Crippen MR) is 109 cm³/mol. The third-order valence-electron chi connectivity index (χ3n) is 4.27. The average Bonchev–Trinajstić information content (AvgIpc) is 3.09. The molecular formula is C19H21ClN4O2S. The van der Waals surface area contributed by atoms with E-state index in [1.54, 1.807) is 13.1 Å². The molecule has 2 amide bonds. The summed E-state index contributed by atoms with van der Waals surface area (Å²) < 4.78 is 0.591. The zero-order chi connectivity index (χ0) is 19.6. The van der Waals surface area contributed by atoms with Gasteiger partial charge in [0.05, 0.1) is 18.1 Å². The first-order chi connectivity index (χ1) is 12.8. The van der Waals surface area contributed by atoms with E-state index in [1.807, 2.05) is 43.5 Å². The summed E-state index contributed by atoms with van der Waals surface area (Å²) in [4.78, 5) is 33.4. The van der Waals surface area contributed by atoms with Crippen molar-refractivity contribution in [2.24, 2.45) is 5.92 Å². The number of hydrogen-bond acceptors (Lipinski definition) is 4. The molecule has 3 aromatic rings. The molecule has 2 aromatic heterocycles. The first-order valence-electron chi connectivity index (χ1n) is 8.58. The zero-order valence-corrected chi connectivity index (χ0v) is 16.9. The number of carbonyl (C=O) groups is 1. The van der Waals surface area contributed by atoms with Gasteiger partial charge in [0.25, 0.3) is 5.56 Å². The summed E-state index contributed by atoms with van der Waals surface area (Å²) in [5, 5.41) is 5.53. The van der Waals surface area contributed by atoms with Crippen LogP contribution in [-0.4, -0.2) is 27.9 Å². The van der Waals surface area contributed by atoms with Gasteiger partial charge in [-0.15, -0.1) is 11.3 Å². The Bertz CT molecular complexity index is 997. The van der Waals surface area contributed by atoms with Crippen LogP contribution >= 0.6 is 22.9 Å². The molecule has 2 N–H and O–H groups in total. The largest absolute Gasteiger partial charge is 0.331 e. The van der Waals surface area contributed by atoms with Gasteiger partial charge in [-0.25, -0.2) is 9.78 Å². The number of hydrogen-bond donors (Lipinski definition) is 2. The molecule has 0 aliphatic heterocycles. The normalized spacial score (nSPS) is 12.3. The topological polar surface area (TPSA) is 78.1 Å². The highest BCUT2D eigenvalue weighted by atomic mass is 35.5. The fraction of sp³-hybridized carbons (Fsp3) is 0.316. The zero-order valence-electron chi connectivity index (χ0n) is 15.3. The minimum absolute atomic E-state index is 0.149. The van der Waals surface area contributed by atoms with Gasteiger partial charge in [0.1, 0.15) is 10.5 Å². The molecule has 0 saturated carbocycles. The molecule has 0 spiro atoms. The lowest BCUT2D eigenvalue weighted by atomic mass is 9.96. The lowest BCUT2D eigenvalue weighted by Crippen LogP contribution is -2.41. The van der Waals surface area contributed by atoms with Gasteiger partial charge >= 0.3 is 6.03 Å². The van der Waals surface area contributed by atoms with E-state index in [2.05, 4.69) is 15.3 Å². The maximum Gasteiger partial charge on any atom is 0.318 e. The van der Waals surface area contributed by atoms with Crippen LogP contribution in [-0.2, 0) is 6.54 Å². The summed E-state index contributed by atoms with van der Waals surface area (Å²) in [5.41, 5.74) is 1.45. The summed E-state index contributed by atoms with van der Waals surface area (Å²) in [7, 11) is 1.67. The number of fused-ring (bicyclic) bond motifs is 1. The SMILES string of the molecule is CC(C)[C@H](NC(=O)N(C)Cc1nc2ccsc2c(=O)[nH]1)c1ccc(Cl)cc1. The number of nitrogens with one attached hydrogen (secondary N) is 2. The molecular weight excluding hydrogens is 384 g/mol. The lowest BCUT2D eigenvalue weighted by Gasteiger charge is -2.26. The number of benzene rings is 1. The van der Waals surface area contributed by atoms with Crippen molar-refractivity contribution in [2.75, 3.05) is 7.05 Å². The molecule has 3 rings (SSSR count). The van der Waals surface area contributed by atoms with E-state index in [0.29, 0.717) is 21.1 Å². The van der Waals surface area contributed by atoms with E-state index in [1.165, 1.54) is 16.2 Å². The first kappa shape index (κ1) is 19.4. The monoisotopic (exact) mass is 404 g/mol. The Kier molecular flexibility index (Phi) is 5.82. The van der Waals surface area contributed by atoms with Gasteiger partial charge in [-0.3, -0.25) is 4.79 Å². The quantitative estimate of drug-likeness (QED) is 0.669. The Morgan fingerprint density at radius 3 is 2.67 bits per heavy atom. The van der Waals surface area contributed by atoms with Crippen molar-refractivity contribution in [3.05, 3.63) is 62.5 Å². The molecule has 1 aromatic carbocycles. The Labute approximate surface area is 166 Å². The fourth-order valence-electron chi connectivity index (χ4n) is 2.84. The van der Waals surface area contributed by atoms with Crippen molar-refractivity contribution < 1.29 is 4.79 Å². The van der Waals surface area contributed by atoms with Gasteiger partial charge in [-0.05, 0) is 35.1 Å². The number of urea groups is 1. The van der Waals surface area contributed by atoms with Crippen LogP contribution in [0, 0.1) is 5.92 Å². The fourth-order valence-corrected chi connectivity index (χ4v) is 3.69. The van der Waals surface area contributed by atoms with Crippen LogP contribution < -0.4 is 10.9 Å². The number of aromatic nitrogens is 2. The van der Waals surface area contributed by atoms with Crippen LogP contribution in [0.4, 0.5) is 4.79 Å². The number of thiophene rings is 1. The maximum atomic E-state index is 12.7. The minimum atomic E-state index is -0.239. The molecule has 27 heavy (non-hydrogen) atoms. The summed E-state index contributed by atoms with van der Waals surface area (Å²) in [6.45, 7) is 4.30. The number of rotatable bonds is 5. The number of carbonyl (C=O) groups excluding carboxylic acids is 1. The molecule has 0 unspecified atom stereocenters. The van der Waals surface area contributed by atoms with Crippen LogP contribution in [0.25, 0.3) is 10.2 Å². The number of halogens is 1. The summed E-state index contributed by atoms with van der Waals surface area (Å²) in [6, 6.07) is 8.86. The highest BCUT2D eigenvalue weighted by Gasteiger charge is 2.21. The summed E-state index contributed by atoms with van der Waals surface area (Å²) in [5.74, 6) is 0.653. The highest BCUT2D eigenvalue weighted by molar-refractivity contribution is 7.17. The second-order valence-corrected chi connectivity index (χ2v) is 8.08. The molecule has 6 nitrogen and oxygen atoms in total. The summed E-state index contributed by atoms with van der Waals surface area (Å²) >= 11 is 7.31. The third-order valence-corrected chi connectivity index (χ3v) is 5.43. The van der Waals surface area contributed by atoms with Crippen molar-refractivity contribution in [3.8, 4) is 0 Å². The van der Waals surface area contributed by atoms with Crippen molar-refractivity contribution in [1.29, 1.82) is 0 Å². The van der Waals surface area contributed by atoms with Crippen molar-refractivity contribution in [2.45, 2.75) is 26.4 Å². The van der Waals surface area contributed by atoms with Crippen molar-refractivity contribution in [3.63, 3.8) is 0 Å². The van der Waals surface area contributed by atoms with Crippen LogP contribution in [0.2, 0.25) is 5.02 Å². The van der Waals surface area contributed by atoms with Crippen molar-refractivity contribution in [1.82, 2.24) is 20.2 Å². The molecule has 0 saturated heterocycles. The van der Waals surface area contributed by atoms with Crippen LogP contribution in [0.1, 0.15) is 31.3 Å². The van der Waals surface area contributed by atoms with E-state index in [0.717, 1.165) is 5.56 Å². The van der Waals surface area contributed by atoms with E-state index < -0.39 is 0 Å². The molecule has 0 fully saturated rings. The standard InChI is InChI=1S/C19H21ClN4O2S/c1-11(2)16(12-4-6-13(20)7-5-12)23-19(26)24(3)10-15-21-14-8-9-27-17(14)18(25)22-15/h4-9,11,16H,10H2,1-3H3,(H,23,26)(H,21,22,25)/t16-/m0/s1. The van der Waals surface area contributed by atoms with E-state index in [4.69, 9.17) is 11.6 Å². The predicted octanol–water partition coefficient (Wildman–Crippen LogP) is 4.18. The van der Waals surface area contributed by atoms with Gasteiger partial charge < -0.3 is 15.2 Å². The Morgan fingerprint density at radius 1 is 1.30 bits per heavy atom. The third kappa shape index (κ3) is 4.48. The number of amides is 2. The summed E-state index contributed by atoms with van der Waals surface area (Å²) in [6.07, 6.45) is 0. The van der Waals surface area contributed by atoms with Crippen LogP contribution in [0.15, 0.2) is 40.5 Å². The molecule has 2 heterocycles. The molecule has 8 heteroatoms. The second-order valence-electron chi connectivity index (χ2n) is 6.73. The van der Waals surface area contributed by atoms with Crippen LogP contribution in [0.3, 0.4) is 0 Å². The molecule has 0 aliphatic carbocycles. The van der Waals surface area contributed by atoms with Gasteiger partial charge in [0.2, 0.25) is 0 Å². The van der Waals surface area contributed by atoms with E-state index in [9.17, 15) is 9.59 Å². The number of H-pyrrole nitrogens is 1. The van der Waals surface area contributed by atoms with Gasteiger partial charge in [0, 0.05) is 12.1 Å². The number of aromatic amines is 1. The molecule has 0 bridgehead atoms. The smallest absolute Gasteiger partial charge is 0.318 e. The molecule has 1 atom stereocenters. The second kappa shape index (κ2) is 8.10. The maximum absolute atomic E-state index is 12.7. The van der Waals surface area contributed by atoms with Crippen molar-refractivity contribution >= 4 is 39.2 Å². The van der Waals surface area contributed by atoms with Crippen LogP contribution in [0.5, 0.6) is 0 Å². The van der Waals surface area contributed by atoms with Gasteiger partial charge in [-0.2, -0.15) is 0 Å². The number of nitrogens with zero attached hydrogens (tertiary/aromatic N) is 2. The minimum Gasteiger partial charge on any atom is -0.331 e. The molecule has 142 valence electrons. The van der Waals surface area contributed by atoms with E-state index in [-0.39, 0.29) is 30.1 Å².